The van der Waals surface area contributed by atoms with Gasteiger partial charge in [0.15, 0.2) is 5.54 Å². The molecular formula is C11H11F4NO. The first-order valence-electron chi connectivity index (χ1n) is 5.07. The second-order valence-corrected chi connectivity index (χ2v) is 4.05. The molecule has 0 bridgehead atoms. The SMILES string of the molecule is Fc1ccc(CNC2(C(F)(F)F)COC2)cc1. The molecule has 0 spiro atoms. The fourth-order valence-corrected chi connectivity index (χ4v) is 1.55. The van der Waals surface area contributed by atoms with Gasteiger partial charge in [0.2, 0.25) is 0 Å². The quantitative estimate of drug-likeness (QED) is 0.829. The minimum absolute atomic E-state index is 0.0309. The Kier molecular flexibility index (Phi) is 3.09. The lowest BCUT2D eigenvalue weighted by atomic mass is 9.96. The van der Waals surface area contributed by atoms with Gasteiger partial charge in [-0.25, -0.2) is 4.39 Å². The molecule has 1 heterocycles. The van der Waals surface area contributed by atoms with Crippen LogP contribution in [0, 0.1) is 5.82 Å². The summed E-state index contributed by atoms with van der Waals surface area (Å²) < 4.78 is 55.4. The molecule has 94 valence electrons. The Morgan fingerprint density at radius 1 is 1.18 bits per heavy atom. The van der Waals surface area contributed by atoms with Crippen LogP contribution in [0.3, 0.4) is 0 Å². The fourth-order valence-electron chi connectivity index (χ4n) is 1.55. The summed E-state index contributed by atoms with van der Waals surface area (Å²) >= 11 is 0. The Labute approximate surface area is 95.6 Å². The Hall–Kier alpha value is -1.14. The Bertz CT molecular complexity index is 383. The van der Waals surface area contributed by atoms with Gasteiger partial charge in [-0.15, -0.1) is 0 Å². The summed E-state index contributed by atoms with van der Waals surface area (Å²) in [5, 5.41) is 2.44. The van der Waals surface area contributed by atoms with Gasteiger partial charge >= 0.3 is 6.18 Å². The molecule has 1 fully saturated rings. The van der Waals surface area contributed by atoms with E-state index in [1.165, 1.54) is 24.3 Å². The van der Waals surface area contributed by atoms with E-state index in [0.29, 0.717) is 5.56 Å². The van der Waals surface area contributed by atoms with E-state index in [-0.39, 0.29) is 19.8 Å². The molecule has 0 amide bonds. The normalized spacial score (nSPS) is 18.8. The summed E-state index contributed by atoms with van der Waals surface area (Å²) in [5.41, 5.74) is -1.36. The number of halogens is 4. The van der Waals surface area contributed by atoms with Crippen molar-refractivity contribution < 1.29 is 22.3 Å². The summed E-state index contributed by atoms with van der Waals surface area (Å²) in [5.74, 6) is -0.411. The number of rotatable bonds is 3. The maximum absolute atomic E-state index is 12.7. The van der Waals surface area contributed by atoms with Gasteiger partial charge in [0.1, 0.15) is 5.82 Å². The summed E-state index contributed by atoms with van der Waals surface area (Å²) in [6.07, 6.45) is -4.34. The van der Waals surface area contributed by atoms with Crippen molar-refractivity contribution >= 4 is 0 Å². The minimum Gasteiger partial charge on any atom is -0.377 e. The first kappa shape index (κ1) is 12.3. The zero-order chi connectivity index (χ0) is 12.5. The molecule has 0 atom stereocenters. The van der Waals surface area contributed by atoms with Crippen molar-refractivity contribution in [2.45, 2.75) is 18.3 Å². The van der Waals surface area contributed by atoms with E-state index in [9.17, 15) is 17.6 Å². The highest BCUT2D eigenvalue weighted by Gasteiger charge is 2.59. The monoisotopic (exact) mass is 249 g/mol. The van der Waals surface area contributed by atoms with Crippen molar-refractivity contribution in [1.82, 2.24) is 5.32 Å². The maximum atomic E-state index is 12.7. The van der Waals surface area contributed by atoms with Gasteiger partial charge in [0.05, 0.1) is 13.2 Å². The lowest BCUT2D eigenvalue weighted by Gasteiger charge is -2.43. The van der Waals surface area contributed by atoms with Crippen molar-refractivity contribution in [2.75, 3.05) is 13.2 Å². The van der Waals surface area contributed by atoms with Gasteiger partial charge in [-0.2, -0.15) is 13.2 Å². The molecule has 1 aliphatic rings. The largest absolute Gasteiger partial charge is 0.411 e. The number of alkyl halides is 3. The van der Waals surface area contributed by atoms with Crippen LogP contribution in [0.5, 0.6) is 0 Å². The molecule has 1 saturated heterocycles. The molecule has 17 heavy (non-hydrogen) atoms. The van der Waals surface area contributed by atoms with Crippen molar-refractivity contribution in [3.63, 3.8) is 0 Å². The second kappa shape index (κ2) is 4.27. The topological polar surface area (TPSA) is 21.3 Å². The molecule has 2 nitrogen and oxygen atoms in total. The van der Waals surface area contributed by atoms with E-state index in [1.807, 2.05) is 0 Å². The van der Waals surface area contributed by atoms with Crippen LogP contribution in [0.1, 0.15) is 5.56 Å². The van der Waals surface area contributed by atoms with E-state index < -0.39 is 17.5 Å². The van der Waals surface area contributed by atoms with E-state index in [1.54, 1.807) is 0 Å². The molecule has 1 aromatic rings. The van der Waals surface area contributed by atoms with E-state index in [2.05, 4.69) is 10.1 Å². The molecular weight excluding hydrogens is 238 g/mol. The van der Waals surface area contributed by atoms with E-state index in [0.717, 1.165) is 0 Å². The number of ether oxygens (including phenoxy) is 1. The highest BCUT2D eigenvalue weighted by Crippen LogP contribution is 2.36. The van der Waals surface area contributed by atoms with Gasteiger partial charge in [0, 0.05) is 6.54 Å². The number of hydrogen-bond acceptors (Lipinski definition) is 2. The van der Waals surface area contributed by atoms with Crippen molar-refractivity contribution in [3.8, 4) is 0 Å². The van der Waals surface area contributed by atoms with Crippen LogP contribution < -0.4 is 5.32 Å². The predicted octanol–water partition coefficient (Wildman–Crippen LogP) is 2.25. The smallest absolute Gasteiger partial charge is 0.377 e. The lowest BCUT2D eigenvalue weighted by molar-refractivity contribution is -0.268. The number of hydrogen-bond donors (Lipinski definition) is 1. The second-order valence-electron chi connectivity index (χ2n) is 4.05. The number of nitrogens with one attached hydrogen (secondary N) is 1. The Morgan fingerprint density at radius 2 is 1.76 bits per heavy atom. The summed E-state index contributed by atoms with van der Waals surface area (Å²) in [4.78, 5) is 0. The van der Waals surface area contributed by atoms with Crippen molar-refractivity contribution in [1.29, 1.82) is 0 Å². The van der Waals surface area contributed by atoms with Gasteiger partial charge < -0.3 is 4.74 Å². The van der Waals surface area contributed by atoms with E-state index >= 15 is 0 Å². The van der Waals surface area contributed by atoms with Crippen LogP contribution in [-0.2, 0) is 11.3 Å². The highest BCUT2D eigenvalue weighted by molar-refractivity contribution is 5.16. The molecule has 1 aromatic carbocycles. The van der Waals surface area contributed by atoms with Gasteiger partial charge in [-0.1, -0.05) is 12.1 Å². The molecule has 0 radical (unpaired) electrons. The summed E-state index contributed by atoms with van der Waals surface area (Å²) in [6, 6.07) is 5.33. The zero-order valence-electron chi connectivity index (χ0n) is 8.85. The standard InChI is InChI=1S/C11H11F4NO/c12-9-3-1-8(2-4-9)5-16-10(6-17-7-10)11(13,14)15/h1-4,16H,5-7H2. The fraction of sp³-hybridized carbons (Fsp3) is 0.455. The van der Waals surface area contributed by atoms with Crippen LogP contribution in [0.2, 0.25) is 0 Å². The molecule has 6 heteroatoms. The van der Waals surface area contributed by atoms with Gasteiger partial charge in [0.25, 0.3) is 0 Å². The molecule has 0 unspecified atom stereocenters. The molecule has 0 saturated carbocycles. The van der Waals surface area contributed by atoms with Crippen molar-refractivity contribution in [2.24, 2.45) is 0 Å². The van der Waals surface area contributed by atoms with Gasteiger partial charge in [-0.3, -0.25) is 5.32 Å². The van der Waals surface area contributed by atoms with Crippen LogP contribution >= 0.6 is 0 Å². The number of benzene rings is 1. The maximum Gasteiger partial charge on any atom is 0.411 e. The van der Waals surface area contributed by atoms with Crippen LogP contribution in [0.25, 0.3) is 0 Å². The zero-order valence-corrected chi connectivity index (χ0v) is 8.85. The first-order chi connectivity index (χ1) is 7.93. The lowest BCUT2D eigenvalue weighted by Crippen LogP contribution is -2.68. The predicted molar refractivity (Wildman–Crippen MR) is 52.8 cm³/mol. The molecule has 1 N–H and O–H groups in total. The molecule has 2 rings (SSSR count). The van der Waals surface area contributed by atoms with E-state index in [4.69, 9.17) is 0 Å². The highest BCUT2D eigenvalue weighted by atomic mass is 19.4. The van der Waals surface area contributed by atoms with Crippen LogP contribution in [-0.4, -0.2) is 24.9 Å². The molecule has 0 aliphatic carbocycles. The summed E-state index contributed by atoms with van der Waals surface area (Å²) in [7, 11) is 0. The van der Waals surface area contributed by atoms with Crippen LogP contribution in [0.4, 0.5) is 17.6 Å². The molecule has 1 aliphatic heterocycles. The summed E-state index contributed by atoms with van der Waals surface area (Å²) in [6.45, 7) is -0.724. The third kappa shape index (κ3) is 2.42. The minimum atomic E-state index is -4.34. The van der Waals surface area contributed by atoms with Gasteiger partial charge in [-0.05, 0) is 17.7 Å². The first-order valence-corrected chi connectivity index (χ1v) is 5.07. The Balaban J connectivity index is 1.99. The average molecular weight is 249 g/mol. The molecule has 0 aromatic heterocycles. The van der Waals surface area contributed by atoms with Crippen molar-refractivity contribution in [3.05, 3.63) is 35.6 Å². The van der Waals surface area contributed by atoms with Crippen LogP contribution in [0.15, 0.2) is 24.3 Å². The average Bonchev–Trinajstić information content (AvgIpc) is 2.17. The Morgan fingerprint density at radius 3 is 2.18 bits per heavy atom. The third-order valence-corrected chi connectivity index (χ3v) is 2.78. The third-order valence-electron chi connectivity index (χ3n) is 2.78.